The van der Waals surface area contributed by atoms with E-state index >= 15 is 0 Å². The second-order valence-corrected chi connectivity index (χ2v) is 5.77. The molecule has 0 amide bonds. The molecule has 150 valence electrons. The Balaban J connectivity index is 0.00000364. The predicted octanol–water partition coefficient (Wildman–Crippen LogP) is -13.2. The molecule has 0 radical (unpaired) electrons. The molecule has 0 aromatic carbocycles. The number of methoxy groups -OCH3 is 1. The van der Waals surface area contributed by atoms with Crippen LogP contribution in [-0.4, -0.2) is 106 Å². The average molecular weight is 428 g/mol. The van der Waals surface area contributed by atoms with Crippen molar-refractivity contribution >= 4 is 11.9 Å². The van der Waals surface area contributed by atoms with E-state index in [1.54, 1.807) is 0 Å². The standard InChI is InChI=1S/C13H20O13.2Na/c1-23-6-3(15)5(17)13(26-8(6)10(18)19)25-7-2(14)4(16)12(22)24-9(7)11(20)21;;/h2-9,12-17,22H,1H3,(H,18,19)(H,20,21);;/q;2*+1/p-2. The Kier molecular flexibility index (Phi) is 12.1. The van der Waals surface area contributed by atoms with Crippen LogP contribution in [0.3, 0.4) is 0 Å². The van der Waals surface area contributed by atoms with E-state index in [1.165, 1.54) is 0 Å². The minimum atomic E-state index is -2.10. The molecule has 2 aliphatic heterocycles. The number of aliphatic hydroxyl groups excluding tert-OH is 5. The smallest absolute Gasteiger partial charge is 0.547 e. The molecule has 10 atom stereocenters. The number of hydrogen-bond acceptors (Lipinski definition) is 13. The Morgan fingerprint density at radius 1 is 0.786 bits per heavy atom. The second kappa shape index (κ2) is 11.8. The van der Waals surface area contributed by atoms with E-state index in [-0.39, 0.29) is 59.1 Å². The van der Waals surface area contributed by atoms with E-state index in [1.807, 2.05) is 0 Å². The third-order valence-electron chi connectivity index (χ3n) is 4.14. The number of aliphatic hydroxyl groups is 5. The molecule has 0 aromatic heterocycles. The first-order chi connectivity index (χ1) is 12.1. The Morgan fingerprint density at radius 2 is 1.25 bits per heavy atom. The number of carboxylic acids is 2. The maximum Gasteiger partial charge on any atom is 1.00 e. The molecule has 10 unspecified atom stereocenters. The van der Waals surface area contributed by atoms with Gasteiger partial charge >= 0.3 is 59.1 Å². The van der Waals surface area contributed by atoms with Crippen molar-refractivity contribution in [1.29, 1.82) is 0 Å². The quantitative estimate of drug-likeness (QED) is 0.257. The van der Waals surface area contributed by atoms with Gasteiger partial charge in [-0.15, -0.1) is 0 Å². The SMILES string of the molecule is COC1C(C(=O)[O-])OC(OC2C(C(=O)[O-])OC(O)C(O)C2O)C(O)C1O.[Na+].[Na+]. The maximum absolute atomic E-state index is 11.1. The van der Waals surface area contributed by atoms with Crippen molar-refractivity contribution in [3.63, 3.8) is 0 Å². The first-order valence-electron chi connectivity index (χ1n) is 7.41. The fourth-order valence-electron chi connectivity index (χ4n) is 2.75. The third-order valence-corrected chi connectivity index (χ3v) is 4.14. The van der Waals surface area contributed by atoms with E-state index < -0.39 is 73.4 Å². The van der Waals surface area contributed by atoms with E-state index in [0.29, 0.717) is 0 Å². The topological polar surface area (TPSA) is 218 Å². The van der Waals surface area contributed by atoms with Crippen molar-refractivity contribution in [3.05, 3.63) is 0 Å². The zero-order chi connectivity index (χ0) is 19.8. The van der Waals surface area contributed by atoms with Crippen LogP contribution in [0.4, 0.5) is 0 Å². The normalized spacial score (nSPS) is 43.4. The molecular weight excluding hydrogens is 410 g/mol. The van der Waals surface area contributed by atoms with Crippen LogP contribution in [0.5, 0.6) is 0 Å². The number of carbonyl (C=O) groups is 2. The van der Waals surface area contributed by atoms with Crippen molar-refractivity contribution in [2.24, 2.45) is 0 Å². The van der Waals surface area contributed by atoms with Crippen molar-refractivity contribution in [2.75, 3.05) is 7.11 Å². The van der Waals surface area contributed by atoms with E-state index in [0.717, 1.165) is 7.11 Å². The fourth-order valence-corrected chi connectivity index (χ4v) is 2.75. The van der Waals surface area contributed by atoms with Gasteiger partial charge in [-0.25, -0.2) is 0 Å². The molecule has 5 N–H and O–H groups in total. The van der Waals surface area contributed by atoms with E-state index in [2.05, 4.69) is 4.74 Å². The van der Waals surface area contributed by atoms with Gasteiger partial charge in [0.1, 0.15) is 48.8 Å². The number of carbonyl (C=O) groups excluding carboxylic acids is 2. The van der Waals surface area contributed by atoms with Gasteiger partial charge in [-0.1, -0.05) is 0 Å². The number of ether oxygens (including phenoxy) is 4. The van der Waals surface area contributed by atoms with Crippen molar-refractivity contribution in [2.45, 2.75) is 61.4 Å². The van der Waals surface area contributed by atoms with E-state index in [4.69, 9.17) is 14.2 Å². The summed E-state index contributed by atoms with van der Waals surface area (Å²) in [5.74, 6) is -3.75. The maximum atomic E-state index is 11.1. The van der Waals surface area contributed by atoms with Crippen LogP contribution in [0, 0.1) is 0 Å². The van der Waals surface area contributed by atoms with E-state index in [9.17, 15) is 45.3 Å². The van der Waals surface area contributed by atoms with Gasteiger partial charge in [0, 0.05) is 7.11 Å². The molecule has 2 aliphatic rings. The summed E-state index contributed by atoms with van der Waals surface area (Å²) < 4.78 is 19.3. The van der Waals surface area contributed by atoms with Crippen LogP contribution in [0.2, 0.25) is 0 Å². The molecule has 0 aliphatic carbocycles. The summed E-state index contributed by atoms with van der Waals surface area (Å²) >= 11 is 0. The molecule has 2 heterocycles. The number of rotatable bonds is 5. The molecule has 2 saturated heterocycles. The molecule has 0 saturated carbocycles. The van der Waals surface area contributed by atoms with Gasteiger partial charge in [-0.3, -0.25) is 0 Å². The zero-order valence-electron chi connectivity index (χ0n) is 15.3. The minimum Gasteiger partial charge on any atom is -0.547 e. The average Bonchev–Trinajstić information content (AvgIpc) is 2.58. The summed E-state index contributed by atoms with van der Waals surface area (Å²) in [6, 6.07) is 0. The Hall–Kier alpha value is 0.580. The summed E-state index contributed by atoms with van der Waals surface area (Å²) in [6.07, 6.45) is -19.3. The molecule has 0 bridgehead atoms. The van der Waals surface area contributed by atoms with Gasteiger partial charge in [0.15, 0.2) is 12.6 Å². The Labute approximate surface area is 202 Å². The summed E-state index contributed by atoms with van der Waals surface area (Å²) in [6.45, 7) is 0. The summed E-state index contributed by atoms with van der Waals surface area (Å²) in [7, 11) is 1.05. The largest absolute Gasteiger partial charge is 1.00 e. The molecule has 0 spiro atoms. The Bertz CT molecular complexity index is 537. The number of aliphatic carboxylic acids is 2. The third kappa shape index (κ3) is 5.84. The summed E-state index contributed by atoms with van der Waals surface area (Å²) in [4.78, 5) is 22.3. The van der Waals surface area contributed by atoms with Gasteiger partial charge in [-0.2, -0.15) is 0 Å². The van der Waals surface area contributed by atoms with Gasteiger partial charge < -0.3 is 64.3 Å². The summed E-state index contributed by atoms with van der Waals surface area (Å²) in [5.41, 5.74) is 0. The Morgan fingerprint density at radius 3 is 1.71 bits per heavy atom. The number of hydrogen-bond donors (Lipinski definition) is 5. The van der Waals surface area contributed by atoms with Crippen LogP contribution in [0.15, 0.2) is 0 Å². The van der Waals surface area contributed by atoms with Crippen LogP contribution in [0.25, 0.3) is 0 Å². The van der Waals surface area contributed by atoms with Crippen molar-refractivity contribution in [1.82, 2.24) is 0 Å². The first-order valence-corrected chi connectivity index (χ1v) is 7.41. The molecular formula is C13H18Na2O13. The van der Waals surface area contributed by atoms with Crippen LogP contribution in [0.1, 0.15) is 0 Å². The van der Waals surface area contributed by atoms with Crippen molar-refractivity contribution < 1.29 is 123 Å². The zero-order valence-corrected chi connectivity index (χ0v) is 19.3. The number of carboxylic acid groups (broad SMARTS) is 2. The second-order valence-electron chi connectivity index (χ2n) is 5.77. The van der Waals surface area contributed by atoms with Gasteiger partial charge in [0.05, 0.1) is 11.9 Å². The summed E-state index contributed by atoms with van der Waals surface area (Å²) in [5, 5.41) is 71.1. The first kappa shape index (κ1) is 28.6. The molecule has 0 aromatic rings. The molecule has 2 fully saturated rings. The molecule has 13 nitrogen and oxygen atoms in total. The van der Waals surface area contributed by atoms with Gasteiger partial charge in [0.25, 0.3) is 0 Å². The van der Waals surface area contributed by atoms with Gasteiger partial charge in [0.2, 0.25) is 0 Å². The molecule has 2 rings (SSSR count). The van der Waals surface area contributed by atoms with Gasteiger partial charge in [-0.05, 0) is 0 Å². The van der Waals surface area contributed by atoms with Crippen LogP contribution >= 0.6 is 0 Å². The van der Waals surface area contributed by atoms with Crippen molar-refractivity contribution in [3.8, 4) is 0 Å². The fraction of sp³-hybridized carbons (Fsp3) is 0.846. The molecule has 28 heavy (non-hydrogen) atoms. The minimum absolute atomic E-state index is 0. The molecule has 15 heteroatoms. The van der Waals surface area contributed by atoms with Crippen LogP contribution < -0.4 is 69.3 Å². The monoisotopic (exact) mass is 428 g/mol. The van der Waals surface area contributed by atoms with Crippen LogP contribution in [-0.2, 0) is 28.5 Å². The predicted molar refractivity (Wildman–Crippen MR) is 69.3 cm³/mol.